The van der Waals surface area contributed by atoms with Crippen LogP contribution in [-0.4, -0.2) is 34.5 Å². The van der Waals surface area contributed by atoms with E-state index in [2.05, 4.69) is 5.32 Å². The van der Waals surface area contributed by atoms with Crippen molar-refractivity contribution < 1.29 is 19.6 Å². The Labute approximate surface area is 152 Å². The van der Waals surface area contributed by atoms with Crippen molar-refractivity contribution in [2.75, 3.05) is 6.54 Å². The number of aryl methyl sites for hydroxylation is 1. The van der Waals surface area contributed by atoms with E-state index in [1.54, 1.807) is 5.48 Å². The first-order valence-electron chi connectivity index (χ1n) is 9.24. The summed E-state index contributed by atoms with van der Waals surface area (Å²) >= 11 is 0. The Kier molecular flexibility index (Phi) is 5.56. The van der Waals surface area contributed by atoms with E-state index in [0.717, 1.165) is 36.8 Å². The third-order valence-corrected chi connectivity index (χ3v) is 5.31. The molecule has 1 atom stereocenters. The summed E-state index contributed by atoms with van der Waals surface area (Å²) in [5.41, 5.74) is 2.78. The summed E-state index contributed by atoms with van der Waals surface area (Å²) < 4.78 is 0. The number of amides is 4. The predicted octanol–water partition coefficient (Wildman–Crippen LogP) is 2.23. The molecule has 1 spiro atoms. The second-order valence-corrected chi connectivity index (χ2v) is 7.00. The van der Waals surface area contributed by atoms with E-state index in [9.17, 15) is 14.4 Å². The lowest BCUT2D eigenvalue weighted by molar-refractivity contribution is -0.132. The monoisotopic (exact) mass is 359 g/mol. The molecule has 0 bridgehead atoms. The number of hydroxylamine groups is 1. The molecule has 26 heavy (non-hydrogen) atoms. The SMILES string of the molecule is O=C(CCCCCCN1C(=O)NC2(CCCc3ccccc32)C1=O)NO. The van der Waals surface area contributed by atoms with E-state index in [1.165, 1.54) is 4.90 Å². The number of nitrogens with zero attached hydrogens (tertiary/aromatic N) is 1. The predicted molar refractivity (Wildman–Crippen MR) is 94.3 cm³/mol. The molecule has 140 valence electrons. The summed E-state index contributed by atoms with van der Waals surface area (Å²) in [4.78, 5) is 37.8. The van der Waals surface area contributed by atoms with Gasteiger partial charge in [0, 0.05) is 13.0 Å². The van der Waals surface area contributed by atoms with Gasteiger partial charge >= 0.3 is 6.03 Å². The Morgan fingerprint density at radius 3 is 2.77 bits per heavy atom. The normalized spacial score (nSPS) is 21.7. The van der Waals surface area contributed by atoms with E-state index in [-0.39, 0.29) is 18.4 Å². The average molecular weight is 359 g/mol. The van der Waals surface area contributed by atoms with E-state index in [4.69, 9.17) is 5.21 Å². The maximum atomic E-state index is 13.1. The molecule has 1 aromatic rings. The number of hydrogen-bond acceptors (Lipinski definition) is 4. The topological polar surface area (TPSA) is 98.7 Å². The Hall–Kier alpha value is -2.41. The minimum Gasteiger partial charge on any atom is -0.319 e. The summed E-state index contributed by atoms with van der Waals surface area (Å²) in [5, 5.41) is 11.4. The summed E-state index contributed by atoms with van der Waals surface area (Å²) in [6, 6.07) is 7.54. The molecule has 1 aromatic carbocycles. The minimum absolute atomic E-state index is 0.144. The molecular formula is C19H25N3O4. The Morgan fingerprint density at radius 1 is 1.19 bits per heavy atom. The standard InChI is InChI=1S/C19H25N3O4/c23-16(21-26)11-3-1-2-6-13-22-17(24)19(20-18(22)25)12-7-9-14-8-4-5-10-15(14)19/h4-5,8,10,26H,1-3,6-7,9,11-13H2,(H,20,25)(H,21,23). The van der Waals surface area contributed by atoms with Crippen molar-refractivity contribution in [1.82, 2.24) is 15.7 Å². The van der Waals surface area contributed by atoms with Crippen LogP contribution < -0.4 is 10.8 Å². The van der Waals surface area contributed by atoms with E-state index in [0.29, 0.717) is 25.8 Å². The van der Waals surface area contributed by atoms with Gasteiger partial charge in [0.25, 0.3) is 5.91 Å². The van der Waals surface area contributed by atoms with Gasteiger partial charge < -0.3 is 5.32 Å². The van der Waals surface area contributed by atoms with Crippen LogP contribution in [0.3, 0.4) is 0 Å². The lowest BCUT2D eigenvalue weighted by Gasteiger charge is -2.33. The van der Waals surface area contributed by atoms with Gasteiger partial charge in [-0.1, -0.05) is 37.1 Å². The molecule has 1 fully saturated rings. The highest BCUT2D eigenvalue weighted by Gasteiger charge is 2.53. The van der Waals surface area contributed by atoms with Gasteiger partial charge in [-0.15, -0.1) is 0 Å². The Balaban J connectivity index is 1.58. The van der Waals surface area contributed by atoms with Crippen LogP contribution in [0.4, 0.5) is 4.79 Å². The largest absolute Gasteiger partial charge is 0.325 e. The van der Waals surface area contributed by atoms with E-state index >= 15 is 0 Å². The van der Waals surface area contributed by atoms with Gasteiger partial charge in [0.1, 0.15) is 5.54 Å². The molecule has 3 N–H and O–H groups in total. The van der Waals surface area contributed by atoms with Crippen LogP contribution in [0.25, 0.3) is 0 Å². The van der Waals surface area contributed by atoms with E-state index in [1.807, 2.05) is 24.3 Å². The van der Waals surface area contributed by atoms with Gasteiger partial charge in [-0.25, -0.2) is 10.3 Å². The number of imide groups is 1. The van der Waals surface area contributed by atoms with Gasteiger partial charge in [0.2, 0.25) is 5.91 Å². The number of hydrogen-bond donors (Lipinski definition) is 3. The smallest absolute Gasteiger partial charge is 0.319 e. The molecular weight excluding hydrogens is 334 g/mol. The maximum absolute atomic E-state index is 13.1. The zero-order valence-corrected chi connectivity index (χ0v) is 14.8. The first-order chi connectivity index (χ1) is 12.6. The van der Waals surface area contributed by atoms with Crippen LogP contribution in [0.5, 0.6) is 0 Å². The van der Waals surface area contributed by atoms with Gasteiger partial charge in [0.15, 0.2) is 0 Å². The summed E-state index contributed by atoms with van der Waals surface area (Å²) in [6.45, 7) is 0.390. The second kappa shape index (κ2) is 7.86. The maximum Gasteiger partial charge on any atom is 0.325 e. The molecule has 1 saturated heterocycles. The molecule has 3 rings (SSSR count). The lowest BCUT2D eigenvalue weighted by Crippen LogP contribution is -2.46. The molecule has 1 aliphatic heterocycles. The molecule has 1 aliphatic carbocycles. The van der Waals surface area contributed by atoms with Crippen molar-refractivity contribution in [1.29, 1.82) is 0 Å². The van der Waals surface area contributed by atoms with Gasteiger partial charge in [0.05, 0.1) is 0 Å². The molecule has 0 radical (unpaired) electrons. The number of urea groups is 1. The van der Waals surface area contributed by atoms with E-state index < -0.39 is 11.4 Å². The summed E-state index contributed by atoms with van der Waals surface area (Å²) in [6.07, 6.45) is 5.74. The van der Waals surface area contributed by atoms with Crippen molar-refractivity contribution >= 4 is 17.8 Å². The third-order valence-electron chi connectivity index (χ3n) is 5.31. The number of carbonyl (C=O) groups excluding carboxylic acids is 3. The molecule has 4 amide bonds. The number of fused-ring (bicyclic) bond motifs is 2. The third kappa shape index (κ3) is 3.44. The Morgan fingerprint density at radius 2 is 1.96 bits per heavy atom. The fraction of sp³-hybridized carbons (Fsp3) is 0.526. The van der Waals surface area contributed by atoms with Gasteiger partial charge in [-0.2, -0.15) is 0 Å². The lowest BCUT2D eigenvalue weighted by atomic mass is 9.76. The Bertz CT molecular complexity index is 706. The van der Waals surface area contributed by atoms with Crippen LogP contribution in [0.2, 0.25) is 0 Å². The quantitative estimate of drug-likeness (QED) is 0.301. The zero-order chi connectivity index (χ0) is 18.6. The molecule has 0 saturated carbocycles. The van der Waals surface area contributed by atoms with Crippen LogP contribution >= 0.6 is 0 Å². The molecule has 1 unspecified atom stereocenters. The van der Waals surface area contributed by atoms with Crippen molar-refractivity contribution in [3.05, 3.63) is 35.4 Å². The van der Waals surface area contributed by atoms with Crippen molar-refractivity contribution in [2.45, 2.75) is 56.9 Å². The molecule has 7 nitrogen and oxygen atoms in total. The van der Waals surface area contributed by atoms with Crippen LogP contribution in [0, 0.1) is 0 Å². The molecule has 7 heteroatoms. The highest BCUT2D eigenvalue weighted by Crippen LogP contribution is 2.39. The summed E-state index contributed by atoms with van der Waals surface area (Å²) in [7, 11) is 0. The van der Waals surface area contributed by atoms with Crippen LogP contribution in [0.15, 0.2) is 24.3 Å². The summed E-state index contributed by atoms with van der Waals surface area (Å²) in [5.74, 6) is -0.536. The van der Waals surface area contributed by atoms with Crippen molar-refractivity contribution in [3.8, 4) is 0 Å². The highest BCUT2D eigenvalue weighted by atomic mass is 16.5. The van der Waals surface area contributed by atoms with Crippen LogP contribution in [-0.2, 0) is 21.5 Å². The molecule has 0 aromatic heterocycles. The highest BCUT2D eigenvalue weighted by molar-refractivity contribution is 6.07. The average Bonchev–Trinajstić information content (AvgIpc) is 2.89. The molecule has 2 aliphatic rings. The number of nitrogens with one attached hydrogen (secondary N) is 2. The first-order valence-corrected chi connectivity index (χ1v) is 9.24. The minimum atomic E-state index is -0.898. The fourth-order valence-electron chi connectivity index (χ4n) is 3.98. The van der Waals surface area contributed by atoms with Crippen molar-refractivity contribution in [2.24, 2.45) is 0 Å². The number of rotatable bonds is 7. The zero-order valence-electron chi connectivity index (χ0n) is 14.8. The van der Waals surface area contributed by atoms with Crippen LogP contribution in [0.1, 0.15) is 56.1 Å². The molecule has 1 heterocycles. The van der Waals surface area contributed by atoms with Gasteiger partial charge in [-0.3, -0.25) is 19.7 Å². The second-order valence-electron chi connectivity index (χ2n) is 7.00. The van der Waals surface area contributed by atoms with Crippen molar-refractivity contribution in [3.63, 3.8) is 0 Å². The number of benzene rings is 1. The number of unbranched alkanes of at least 4 members (excludes halogenated alkanes) is 3. The van der Waals surface area contributed by atoms with Gasteiger partial charge in [-0.05, 0) is 43.2 Å². The first kappa shape index (κ1) is 18.4. The number of carbonyl (C=O) groups is 3. The fourth-order valence-corrected chi connectivity index (χ4v) is 3.98.